The summed E-state index contributed by atoms with van der Waals surface area (Å²) < 4.78 is 5.07. The Morgan fingerprint density at radius 3 is 2.95 bits per heavy atom. The number of aryl methyl sites for hydroxylation is 1. The maximum Gasteiger partial charge on any atom is 0.230 e. The molecule has 0 atom stereocenters. The number of amides is 1. The molecule has 0 radical (unpaired) electrons. The van der Waals surface area contributed by atoms with Gasteiger partial charge in [0.05, 0.1) is 7.11 Å². The third kappa shape index (κ3) is 2.65. The monoisotopic (exact) mass is 284 g/mol. The van der Waals surface area contributed by atoms with Gasteiger partial charge < -0.3 is 15.0 Å². The van der Waals surface area contributed by atoms with Gasteiger partial charge >= 0.3 is 0 Å². The minimum Gasteiger partial charge on any atom is -0.481 e. The summed E-state index contributed by atoms with van der Waals surface area (Å²) in [5.41, 5.74) is 3.00. The van der Waals surface area contributed by atoms with Crippen LogP contribution >= 0.6 is 0 Å². The lowest BCUT2D eigenvalue weighted by Gasteiger charge is -2.26. The molecule has 1 aromatic carbocycles. The van der Waals surface area contributed by atoms with Crippen LogP contribution in [0, 0.1) is 0 Å². The van der Waals surface area contributed by atoms with Crippen LogP contribution in [0.3, 0.4) is 0 Å². The zero-order valence-electron chi connectivity index (χ0n) is 12.0. The van der Waals surface area contributed by atoms with Crippen LogP contribution in [0.4, 0.5) is 17.3 Å². The fourth-order valence-corrected chi connectivity index (χ4v) is 2.38. The number of ether oxygens (including phenoxy) is 1. The van der Waals surface area contributed by atoms with Crippen molar-refractivity contribution in [3.63, 3.8) is 0 Å². The predicted molar refractivity (Wildman–Crippen MR) is 80.0 cm³/mol. The normalized spacial score (nSPS) is 13.8. The van der Waals surface area contributed by atoms with E-state index in [0.29, 0.717) is 18.2 Å². The lowest BCUT2D eigenvalue weighted by Crippen LogP contribution is -2.31. The maximum absolute atomic E-state index is 11.7. The molecule has 1 aliphatic heterocycles. The molecule has 2 heterocycles. The van der Waals surface area contributed by atoms with Crippen molar-refractivity contribution in [1.29, 1.82) is 0 Å². The number of hydrogen-bond acceptors (Lipinski definition) is 5. The van der Waals surface area contributed by atoms with E-state index in [9.17, 15) is 4.79 Å². The number of benzene rings is 1. The van der Waals surface area contributed by atoms with Gasteiger partial charge in [-0.25, -0.2) is 4.98 Å². The van der Waals surface area contributed by atoms with E-state index in [2.05, 4.69) is 15.3 Å². The molecule has 2 aromatic rings. The second kappa shape index (κ2) is 5.40. The van der Waals surface area contributed by atoms with Gasteiger partial charge in [0, 0.05) is 37.1 Å². The van der Waals surface area contributed by atoms with Crippen LogP contribution in [-0.2, 0) is 11.2 Å². The van der Waals surface area contributed by atoms with Gasteiger partial charge in [0.15, 0.2) is 0 Å². The smallest absolute Gasteiger partial charge is 0.230 e. The first-order valence-electron chi connectivity index (χ1n) is 6.71. The molecular formula is C15H16N4O2. The highest BCUT2D eigenvalue weighted by atomic mass is 16.5. The molecule has 0 aliphatic carbocycles. The summed E-state index contributed by atoms with van der Waals surface area (Å²) in [6.45, 7) is 0. The van der Waals surface area contributed by atoms with E-state index < -0.39 is 0 Å². The van der Waals surface area contributed by atoms with Gasteiger partial charge in [-0.3, -0.25) is 4.79 Å². The Morgan fingerprint density at radius 2 is 2.14 bits per heavy atom. The predicted octanol–water partition coefficient (Wildman–Crippen LogP) is 2.14. The summed E-state index contributed by atoms with van der Waals surface area (Å²) in [5, 5.41) is 3.15. The van der Waals surface area contributed by atoms with Gasteiger partial charge in [0.1, 0.15) is 0 Å². The van der Waals surface area contributed by atoms with E-state index in [4.69, 9.17) is 4.74 Å². The molecule has 1 aliphatic rings. The van der Waals surface area contributed by atoms with Gasteiger partial charge in [-0.1, -0.05) is 0 Å². The highest BCUT2D eigenvalue weighted by Gasteiger charge is 2.20. The van der Waals surface area contributed by atoms with Crippen molar-refractivity contribution in [2.24, 2.45) is 0 Å². The van der Waals surface area contributed by atoms with Crippen molar-refractivity contribution in [1.82, 2.24) is 9.97 Å². The number of nitrogens with one attached hydrogen (secondary N) is 1. The van der Waals surface area contributed by atoms with E-state index in [1.807, 2.05) is 18.2 Å². The van der Waals surface area contributed by atoms with Crippen LogP contribution in [0.2, 0.25) is 0 Å². The van der Waals surface area contributed by atoms with Gasteiger partial charge in [-0.2, -0.15) is 4.98 Å². The largest absolute Gasteiger partial charge is 0.481 e. The van der Waals surface area contributed by atoms with E-state index in [1.165, 1.54) is 0 Å². The van der Waals surface area contributed by atoms with Gasteiger partial charge in [-0.15, -0.1) is 0 Å². The Hall–Kier alpha value is -2.63. The molecule has 0 spiro atoms. The maximum atomic E-state index is 11.7. The molecule has 0 unspecified atom stereocenters. The first kappa shape index (κ1) is 13.4. The highest BCUT2D eigenvalue weighted by Crippen LogP contribution is 2.30. The molecule has 6 heteroatoms. The van der Waals surface area contributed by atoms with E-state index in [-0.39, 0.29) is 5.91 Å². The summed E-state index contributed by atoms with van der Waals surface area (Å²) >= 11 is 0. The number of carbonyl (C=O) groups excluding carboxylic acids is 1. The topological polar surface area (TPSA) is 67.3 Å². The summed E-state index contributed by atoms with van der Waals surface area (Å²) in [4.78, 5) is 21.8. The third-order valence-corrected chi connectivity index (χ3v) is 3.52. The number of anilines is 3. The average Bonchev–Trinajstić information content (AvgIpc) is 2.51. The number of fused-ring (bicyclic) bond motifs is 1. The summed E-state index contributed by atoms with van der Waals surface area (Å²) in [5.74, 6) is 1.14. The molecular weight excluding hydrogens is 268 g/mol. The van der Waals surface area contributed by atoms with Gasteiger partial charge in [0.2, 0.25) is 17.7 Å². The number of rotatable bonds is 3. The zero-order chi connectivity index (χ0) is 14.8. The lowest BCUT2D eigenvalue weighted by atomic mass is 10.0. The number of aromatic nitrogens is 2. The Labute approximate surface area is 122 Å². The third-order valence-electron chi connectivity index (χ3n) is 3.52. The lowest BCUT2D eigenvalue weighted by molar-refractivity contribution is -0.118. The van der Waals surface area contributed by atoms with Crippen molar-refractivity contribution in [3.8, 4) is 5.88 Å². The fraction of sp³-hybridized carbons (Fsp3) is 0.267. The number of nitrogens with zero attached hydrogens (tertiary/aromatic N) is 3. The standard InChI is InChI=1S/C15H16N4O2/c1-19-12-5-4-11(9-10(12)3-6-14(19)20)17-15-16-8-7-13(18-15)21-2/h4-5,7-9H,3,6H2,1-2H3,(H,16,17,18). The molecule has 1 amide bonds. The van der Waals surface area contributed by atoms with E-state index in [1.54, 1.807) is 31.3 Å². The Morgan fingerprint density at radius 1 is 1.29 bits per heavy atom. The van der Waals surface area contributed by atoms with Crippen LogP contribution in [0.25, 0.3) is 0 Å². The SMILES string of the molecule is COc1ccnc(Nc2ccc3c(c2)CCC(=O)N3C)n1. The molecule has 0 bridgehead atoms. The van der Waals surface area contributed by atoms with Crippen molar-refractivity contribution >= 4 is 23.2 Å². The first-order chi connectivity index (χ1) is 10.2. The molecule has 1 aromatic heterocycles. The minimum absolute atomic E-state index is 0.152. The molecule has 0 fully saturated rings. The van der Waals surface area contributed by atoms with E-state index in [0.717, 1.165) is 23.4 Å². The van der Waals surface area contributed by atoms with Crippen LogP contribution in [-0.4, -0.2) is 30.0 Å². The summed E-state index contributed by atoms with van der Waals surface area (Å²) in [6, 6.07) is 7.57. The highest BCUT2D eigenvalue weighted by molar-refractivity contribution is 5.96. The quantitative estimate of drug-likeness (QED) is 0.935. The minimum atomic E-state index is 0.152. The van der Waals surface area contributed by atoms with Crippen molar-refractivity contribution in [2.75, 3.05) is 24.4 Å². The van der Waals surface area contributed by atoms with E-state index >= 15 is 0 Å². The molecule has 0 saturated carbocycles. The first-order valence-corrected chi connectivity index (χ1v) is 6.71. The van der Waals surface area contributed by atoms with Crippen LogP contribution in [0.1, 0.15) is 12.0 Å². The van der Waals surface area contributed by atoms with Crippen LogP contribution < -0.4 is 15.0 Å². The molecule has 21 heavy (non-hydrogen) atoms. The van der Waals surface area contributed by atoms with Crippen LogP contribution in [0.15, 0.2) is 30.5 Å². The summed E-state index contributed by atoms with van der Waals surface area (Å²) in [7, 11) is 3.37. The average molecular weight is 284 g/mol. The zero-order valence-corrected chi connectivity index (χ0v) is 12.0. The Bertz CT molecular complexity index is 687. The van der Waals surface area contributed by atoms with Crippen molar-refractivity contribution in [3.05, 3.63) is 36.0 Å². The van der Waals surface area contributed by atoms with Gasteiger partial charge in [0.25, 0.3) is 0 Å². The van der Waals surface area contributed by atoms with Gasteiger partial charge in [-0.05, 0) is 30.2 Å². The molecule has 0 saturated heterocycles. The van der Waals surface area contributed by atoms with Crippen molar-refractivity contribution < 1.29 is 9.53 Å². The Balaban J connectivity index is 1.85. The number of hydrogen-bond donors (Lipinski definition) is 1. The Kier molecular flexibility index (Phi) is 3.43. The molecule has 6 nitrogen and oxygen atoms in total. The number of carbonyl (C=O) groups is 1. The van der Waals surface area contributed by atoms with Crippen LogP contribution in [0.5, 0.6) is 5.88 Å². The fourth-order valence-electron chi connectivity index (χ4n) is 2.38. The molecule has 108 valence electrons. The molecule has 1 N–H and O–H groups in total. The second-order valence-electron chi connectivity index (χ2n) is 4.84. The number of methoxy groups -OCH3 is 1. The molecule has 3 rings (SSSR count). The van der Waals surface area contributed by atoms with Crippen molar-refractivity contribution in [2.45, 2.75) is 12.8 Å². The second-order valence-corrected chi connectivity index (χ2v) is 4.84. The summed E-state index contributed by atoms with van der Waals surface area (Å²) in [6.07, 6.45) is 2.94.